The molecule has 4 nitrogen and oxygen atoms in total. The van der Waals surface area contributed by atoms with Gasteiger partial charge in [0.15, 0.2) is 0 Å². The van der Waals surface area contributed by atoms with E-state index in [1.165, 1.54) is 16.7 Å². The van der Waals surface area contributed by atoms with Crippen LogP contribution in [-0.4, -0.2) is 10.3 Å². The second-order valence-electron chi connectivity index (χ2n) is 12.0. The first kappa shape index (κ1) is 26.4. The number of anilines is 1. The Morgan fingerprint density at radius 2 is 1.16 bits per heavy atom. The van der Waals surface area contributed by atoms with Crippen LogP contribution in [-0.2, 0) is 16.2 Å². The molecule has 6 heteroatoms. The molecule has 0 saturated carbocycles. The summed E-state index contributed by atoms with van der Waals surface area (Å²) in [6.45, 7) is 27.2. The first-order valence-electron chi connectivity index (χ1n) is 11.7. The summed E-state index contributed by atoms with van der Waals surface area (Å²) in [6, 6.07) is 4.74. The third-order valence-corrected chi connectivity index (χ3v) is 8.98. The largest absolute Gasteiger partial charge is 0.239 e. The first-order chi connectivity index (χ1) is 14.0. The second-order valence-corrected chi connectivity index (χ2v) is 14.1. The maximum atomic E-state index is 7.20. The van der Waals surface area contributed by atoms with E-state index in [0.717, 1.165) is 24.9 Å². The summed E-state index contributed by atoms with van der Waals surface area (Å²) >= 11 is 7.20. The zero-order valence-electron chi connectivity index (χ0n) is 21.9. The quantitative estimate of drug-likeness (QED) is 0.404. The maximum absolute atomic E-state index is 7.20. The second kappa shape index (κ2) is 8.82. The van der Waals surface area contributed by atoms with Crippen molar-refractivity contribution in [3.05, 3.63) is 28.8 Å². The molecule has 1 heterocycles. The molecular formula is C25H44ClN4P. The summed E-state index contributed by atoms with van der Waals surface area (Å²) < 4.78 is 4.13. The highest BCUT2D eigenvalue weighted by molar-refractivity contribution is 7.83. The highest BCUT2D eigenvalue weighted by Gasteiger charge is 2.45. The van der Waals surface area contributed by atoms with Gasteiger partial charge >= 0.3 is 0 Å². The summed E-state index contributed by atoms with van der Waals surface area (Å²) in [6.07, 6.45) is 3.00. The Morgan fingerprint density at radius 1 is 0.742 bits per heavy atom. The van der Waals surface area contributed by atoms with Crippen LogP contribution in [0.15, 0.2) is 22.6 Å². The van der Waals surface area contributed by atoms with Gasteiger partial charge in [0.05, 0.1) is 11.2 Å². The molecule has 1 aromatic carbocycles. The van der Waals surface area contributed by atoms with Crippen molar-refractivity contribution < 1.29 is 0 Å². The van der Waals surface area contributed by atoms with Crippen LogP contribution in [0.3, 0.4) is 0 Å². The smallest absolute Gasteiger partial charge is 0.215 e. The van der Waals surface area contributed by atoms with Crippen molar-refractivity contribution in [1.82, 2.24) is 4.78 Å². The van der Waals surface area contributed by atoms with E-state index >= 15 is 0 Å². The molecule has 1 aliphatic rings. The molecule has 0 bridgehead atoms. The van der Waals surface area contributed by atoms with E-state index < -0.39 is 7.58 Å². The number of hydrogen-bond donors (Lipinski definition) is 0. The molecule has 0 aromatic heterocycles. The van der Waals surface area contributed by atoms with Gasteiger partial charge in [0, 0.05) is 0 Å². The Labute approximate surface area is 197 Å². The third-order valence-electron chi connectivity index (χ3n) is 6.71. The molecule has 0 radical (unpaired) electrons. The van der Waals surface area contributed by atoms with Crippen molar-refractivity contribution in [1.29, 1.82) is 0 Å². The van der Waals surface area contributed by atoms with Crippen molar-refractivity contribution in [3.63, 3.8) is 0 Å². The fourth-order valence-electron chi connectivity index (χ4n) is 4.22. The monoisotopic (exact) mass is 466 g/mol. The van der Waals surface area contributed by atoms with Gasteiger partial charge in [-0.3, -0.25) is 0 Å². The molecule has 0 N–H and O–H groups in total. The van der Waals surface area contributed by atoms with Crippen molar-refractivity contribution in [3.8, 4) is 0 Å². The minimum Gasteiger partial charge on any atom is -0.215 e. The maximum Gasteiger partial charge on any atom is 0.239 e. The molecule has 0 amide bonds. The van der Waals surface area contributed by atoms with E-state index in [4.69, 9.17) is 16.5 Å². The Morgan fingerprint density at radius 3 is 1.48 bits per heavy atom. The van der Waals surface area contributed by atoms with Gasteiger partial charge in [-0.1, -0.05) is 95.2 Å². The summed E-state index contributed by atoms with van der Waals surface area (Å²) in [5, 5.41) is 9.36. The average molecular weight is 467 g/mol. The van der Waals surface area contributed by atoms with Crippen LogP contribution in [0.4, 0.5) is 5.69 Å². The predicted octanol–water partition coefficient (Wildman–Crippen LogP) is 9.42. The number of nitrogens with zero attached hydrogens (tertiary/aromatic N) is 4. The molecule has 0 fully saturated rings. The van der Waals surface area contributed by atoms with Crippen LogP contribution in [0, 0.1) is 0 Å². The Bertz CT molecular complexity index is 767. The van der Waals surface area contributed by atoms with Crippen LogP contribution in [0.2, 0.25) is 0 Å². The first-order valence-corrected chi connectivity index (χ1v) is 13.9. The van der Waals surface area contributed by atoms with E-state index in [-0.39, 0.29) is 21.8 Å². The summed E-state index contributed by atoms with van der Waals surface area (Å²) in [7, 11) is -1.23. The summed E-state index contributed by atoms with van der Waals surface area (Å²) in [5.41, 5.74) is 4.96. The van der Waals surface area contributed by atoms with Crippen molar-refractivity contribution in [2.75, 3.05) is 4.78 Å². The van der Waals surface area contributed by atoms with Gasteiger partial charge in [0.1, 0.15) is 0 Å². The molecular weight excluding hydrogens is 423 g/mol. The fourth-order valence-corrected chi connectivity index (χ4v) is 6.63. The normalized spacial score (nSPS) is 18.3. The molecule has 1 unspecified atom stereocenters. The van der Waals surface area contributed by atoms with E-state index in [9.17, 15) is 0 Å². The van der Waals surface area contributed by atoms with Gasteiger partial charge in [-0.05, 0) is 73.9 Å². The lowest BCUT2D eigenvalue weighted by atomic mass is 9.74. The highest BCUT2D eigenvalue weighted by atomic mass is 35.7. The standard InChI is InChI=1S/C25H44ClN4P/c1-13-25(14-2,15-3)30-28-27-29(31(30)26)21-19(23(7,8)9)16-18(22(4,5)6)17-20(21)24(10,11)12/h16-17H,13-15H2,1-12H3. The van der Waals surface area contributed by atoms with Crippen molar-refractivity contribution in [2.45, 2.75) is 124 Å². The van der Waals surface area contributed by atoms with Crippen LogP contribution in [0.25, 0.3) is 0 Å². The van der Waals surface area contributed by atoms with Crippen molar-refractivity contribution in [2.24, 2.45) is 10.4 Å². The summed E-state index contributed by atoms with van der Waals surface area (Å²) in [4.78, 5) is 0. The van der Waals surface area contributed by atoms with Crippen LogP contribution < -0.4 is 4.78 Å². The molecule has 0 spiro atoms. The fraction of sp³-hybridized carbons (Fsp3) is 0.760. The van der Waals surface area contributed by atoms with E-state index in [1.807, 2.05) is 4.78 Å². The molecule has 1 aromatic rings. The zero-order chi connectivity index (χ0) is 24.0. The minimum atomic E-state index is -1.23. The molecule has 0 aliphatic carbocycles. The molecule has 1 aliphatic heterocycles. The Balaban J connectivity index is 2.78. The van der Waals surface area contributed by atoms with Gasteiger partial charge in [0.25, 0.3) is 0 Å². The van der Waals surface area contributed by atoms with Gasteiger partial charge in [-0.25, -0.2) is 4.78 Å². The highest BCUT2D eigenvalue weighted by Crippen LogP contribution is 2.62. The minimum absolute atomic E-state index is 0.0516. The molecule has 2 rings (SSSR count). The van der Waals surface area contributed by atoms with E-state index in [2.05, 4.69) is 105 Å². The Kier molecular flexibility index (Phi) is 7.51. The molecule has 31 heavy (non-hydrogen) atoms. The number of benzene rings is 1. The molecule has 0 saturated heterocycles. The lowest BCUT2D eigenvalue weighted by Gasteiger charge is -2.41. The Hall–Kier alpha value is -0.860. The number of halogens is 1. The van der Waals surface area contributed by atoms with Gasteiger partial charge < -0.3 is 0 Å². The molecule has 176 valence electrons. The van der Waals surface area contributed by atoms with Gasteiger partial charge in [0.2, 0.25) is 7.58 Å². The van der Waals surface area contributed by atoms with Gasteiger partial charge in [-0.2, -0.15) is 4.78 Å². The van der Waals surface area contributed by atoms with Crippen molar-refractivity contribution >= 4 is 24.5 Å². The average Bonchev–Trinajstić information content (AvgIpc) is 3.02. The van der Waals surface area contributed by atoms with Crippen LogP contribution in [0.5, 0.6) is 0 Å². The van der Waals surface area contributed by atoms with E-state index in [1.54, 1.807) is 0 Å². The van der Waals surface area contributed by atoms with Gasteiger partial charge in [-0.15, -0.1) is 0 Å². The lowest BCUT2D eigenvalue weighted by Crippen LogP contribution is -2.40. The number of rotatable bonds is 5. The number of hydrogen-bond acceptors (Lipinski definition) is 4. The molecule has 1 atom stereocenters. The SMILES string of the molecule is CCC(CC)(CC)N1N=NN(c2c(C(C)(C)C)cc(C(C)(C)C)cc2C(C)(C)C)P1Cl. The topological polar surface area (TPSA) is 31.2 Å². The van der Waals surface area contributed by atoms with Crippen LogP contribution in [0.1, 0.15) is 119 Å². The third kappa shape index (κ3) is 5.06. The zero-order valence-corrected chi connectivity index (χ0v) is 23.5. The summed E-state index contributed by atoms with van der Waals surface area (Å²) in [5.74, 6) is 0. The van der Waals surface area contributed by atoms with E-state index in [0.29, 0.717) is 0 Å². The lowest BCUT2D eigenvalue weighted by molar-refractivity contribution is 0.175. The van der Waals surface area contributed by atoms with Crippen LogP contribution >= 0.6 is 18.8 Å². The predicted molar refractivity (Wildman–Crippen MR) is 138 cm³/mol.